The highest BCUT2D eigenvalue weighted by atomic mass is 16.5. The van der Waals surface area contributed by atoms with E-state index in [1.54, 1.807) is 7.11 Å². The van der Waals surface area contributed by atoms with Crippen LogP contribution in [-0.2, 0) is 17.8 Å². The molecule has 1 aliphatic heterocycles. The third-order valence-corrected chi connectivity index (χ3v) is 6.37. The number of hydrogen-bond acceptors (Lipinski definition) is 5. The summed E-state index contributed by atoms with van der Waals surface area (Å²) >= 11 is 0. The molecule has 1 aromatic heterocycles. The molecule has 2 amide bonds. The van der Waals surface area contributed by atoms with Crippen molar-refractivity contribution in [3.05, 3.63) is 71.6 Å². The van der Waals surface area contributed by atoms with Crippen LogP contribution in [0.3, 0.4) is 0 Å². The Morgan fingerprint density at radius 3 is 2.32 bits per heavy atom. The largest absolute Gasteiger partial charge is 0.497 e. The molecule has 1 aliphatic rings. The van der Waals surface area contributed by atoms with Gasteiger partial charge in [-0.2, -0.15) is 0 Å². The number of piperidine rings is 1. The van der Waals surface area contributed by atoms with E-state index in [0.29, 0.717) is 24.6 Å². The minimum absolute atomic E-state index is 0.0498. The van der Waals surface area contributed by atoms with E-state index in [4.69, 9.17) is 9.15 Å². The van der Waals surface area contributed by atoms with Gasteiger partial charge in [-0.3, -0.25) is 9.59 Å². The summed E-state index contributed by atoms with van der Waals surface area (Å²) in [6, 6.07) is 15.5. The summed E-state index contributed by atoms with van der Waals surface area (Å²) < 4.78 is 10.8. The number of benzene rings is 2. The fourth-order valence-corrected chi connectivity index (χ4v) is 4.42. The molecule has 7 heteroatoms. The van der Waals surface area contributed by atoms with Crippen LogP contribution < -0.4 is 10.1 Å². The van der Waals surface area contributed by atoms with E-state index in [0.717, 1.165) is 41.7 Å². The number of nitrogens with zero attached hydrogens (tertiary/aromatic N) is 2. The van der Waals surface area contributed by atoms with Gasteiger partial charge in [0.05, 0.1) is 13.5 Å². The molecular weight excluding hydrogens is 430 g/mol. The first-order chi connectivity index (χ1) is 16.4. The maximum atomic E-state index is 13.0. The molecule has 178 valence electrons. The standard InChI is InChI=1S/C27H31N3O4/c1-18-5-4-6-19(2)30(18)27(32)24-17-34-26(29-24)22-11-7-21(8-12-22)16-28-25(31)15-20-9-13-23(33-3)14-10-20/h7-14,17-19H,4-6,15-16H2,1-3H3,(H,28,31). The lowest BCUT2D eigenvalue weighted by Crippen LogP contribution is -2.47. The molecule has 2 heterocycles. The van der Waals surface area contributed by atoms with Gasteiger partial charge in [0.25, 0.3) is 5.91 Å². The van der Waals surface area contributed by atoms with Crippen LogP contribution in [0, 0.1) is 0 Å². The summed E-state index contributed by atoms with van der Waals surface area (Å²) in [6.45, 7) is 4.60. The number of nitrogens with one attached hydrogen (secondary N) is 1. The Hall–Kier alpha value is -3.61. The van der Waals surface area contributed by atoms with Crippen molar-refractivity contribution in [2.45, 2.75) is 58.2 Å². The van der Waals surface area contributed by atoms with Gasteiger partial charge < -0.3 is 19.4 Å². The summed E-state index contributed by atoms with van der Waals surface area (Å²) in [5.41, 5.74) is 3.01. The average molecular weight is 462 g/mol. The Morgan fingerprint density at radius 1 is 1.03 bits per heavy atom. The van der Waals surface area contributed by atoms with Crippen molar-refractivity contribution in [3.8, 4) is 17.2 Å². The lowest BCUT2D eigenvalue weighted by molar-refractivity contribution is -0.120. The molecule has 4 rings (SSSR count). The first-order valence-corrected chi connectivity index (χ1v) is 11.7. The summed E-state index contributed by atoms with van der Waals surface area (Å²) in [4.78, 5) is 31.6. The third-order valence-electron chi connectivity index (χ3n) is 6.37. The number of oxazole rings is 1. The molecule has 34 heavy (non-hydrogen) atoms. The van der Waals surface area contributed by atoms with Gasteiger partial charge in [0.15, 0.2) is 5.69 Å². The number of methoxy groups -OCH3 is 1. The van der Waals surface area contributed by atoms with Gasteiger partial charge in [-0.25, -0.2) is 4.98 Å². The quantitative estimate of drug-likeness (QED) is 0.555. The minimum atomic E-state index is -0.0779. The number of hydrogen-bond donors (Lipinski definition) is 1. The summed E-state index contributed by atoms with van der Waals surface area (Å²) in [5, 5.41) is 2.94. The van der Waals surface area contributed by atoms with Gasteiger partial charge in [-0.05, 0) is 68.5 Å². The molecule has 2 aromatic carbocycles. The molecule has 1 N–H and O–H groups in total. The van der Waals surface area contributed by atoms with Crippen molar-refractivity contribution in [2.24, 2.45) is 0 Å². The zero-order valence-corrected chi connectivity index (χ0v) is 19.9. The van der Waals surface area contributed by atoms with E-state index < -0.39 is 0 Å². The molecule has 7 nitrogen and oxygen atoms in total. The molecule has 0 spiro atoms. The smallest absolute Gasteiger partial charge is 0.276 e. The van der Waals surface area contributed by atoms with E-state index in [1.807, 2.05) is 53.4 Å². The number of amides is 2. The molecule has 1 fully saturated rings. The highest BCUT2D eigenvalue weighted by Gasteiger charge is 2.31. The van der Waals surface area contributed by atoms with E-state index in [1.165, 1.54) is 6.26 Å². The molecule has 3 aromatic rings. The molecule has 0 bridgehead atoms. The number of aromatic nitrogens is 1. The second-order valence-electron chi connectivity index (χ2n) is 8.88. The number of rotatable bonds is 7. The molecule has 2 unspecified atom stereocenters. The Bertz CT molecular complexity index is 1110. The predicted molar refractivity (Wildman–Crippen MR) is 129 cm³/mol. The summed E-state index contributed by atoms with van der Waals surface area (Å²) in [7, 11) is 1.61. The van der Waals surface area contributed by atoms with Crippen molar-refractivity contribution in [1.29, 1.82) is 0 Å². The van der Waals surface area contributed by atoms with Crippen molar-refractivity contribution < 1.29 is 18.7 Å². The monoisotopic (exact) mass is 461 g/mol. The van der Waals surface area contributed by atoms with Gasteiger partial charge in [0, 0.05) is 24.2 Å². The Labute approximate surface area is 200 Å². The number of carbonyl (C=O) groups excluding carboxylic acids is 2. The van der Waals surface area contributed by atoms with E-state index >= 15 is 0 Å². The van der Waals surface area contributed by atoms with E-state index in [-0.39, 0.29) is 23.9 Å². The number of likely N-dealkylation sites (tertiary alicyclic amines) is 1. The third kappa shape index (κ3) is 5.47. The van der Waals surface area contributed by atoms with Crippen LogP contribution in [0.25, 0.3) is 11.5 Å². The maximum absolute atomic E-state index is 13.0. The molecule has 2 atom stereocenters. The van der Waals surface area contributed by atoms with Gasteiger partial charge in [-0.15, -0.1) is 0 Å². The first-order valence-electron chi connectivity index (χ1n) is 11.7. The molecular formula is C27H31N3O4. The van der Waals surface area contributed by atoms with Gasteiger partial charge >= 0.3 is 0 Å². The Balaban J connectivity index is 1.33. The average Bonchev–Trinajstić information content (AvgIpc) is 3.34. The highest BCUT2D eigenvalue weighted by molar-refractivity contribution is 5.93. The molecule has 1 saturated heterocycles. The first kappa shape index (κ1) is 23.5. The van der Waals surface area contributed by atoms with Gasteiger partial charge in [-0.1, -0.05) is 24.3 Å². The van der Waals surface area contributed by atoms with Crippen LogP contribution >= 0.6 is 0 Å². The normalized spacial score (nSPS) is 17.9. The van der Waals surface area contributed by atoms with E-state index in [9.17, 15) is 9.59 Å². The molecule has 0 saturated carbocycles. The Kier molecular flexibility index (Phi) is 7.30. The van der Waals surface area contributed by atoms with Gasteiger partial charge in [0.2, 0.25) is 11.8 Å². The predicted octanol–water partition coefficient (Wildman–Crippen LogP) is 4.61. The van der Waals surface area contributed by atoms with Crippen molar-refractivity contribution in [2.75, 3.05) is 7.11 Å². The minimum Gasteiger partial charge on any atom is -0.497 e. The van der Waals surface area contributed by atoms with E-state index in [2.05, 4.69) is 24.1 Å². The van der Waals surface area contributed by atoms with Crippen molar-refractivity contribution in [1.82, 2.24) is 15.2 Å². The lowest BCUT2D eigenvalue weighted by atomic mass is 9.97. The zero-order chi connectivity index (χ0) is 24.1. The maximum Gasteiger partial charge on any atom is 0.276 e. The number of ether oxygens (including phenoxy) is 1. The molecule has 0 radical (unpaired) electrons. The Morgan fingerprint density at radius 2 is 1.68 bits per heavy atom. The second kappa shape index (κ2) is 10.5. The van der Waals surface area contributed by atoms with Crippen LogP contribution in [0.1, 0.15) is 54.7 Å². The molecule has 0 aliphatic carbocycles. The van der Waals surface area contributed by atoms with Crippen molar-refractivity contribution >= 4 is 11.8 Å². The lowest BCUT2D eigenvalue weighted by Gasteiger charge is -2.38. The van der Waals surface area contributed by atoms with Crippen LogP contribution in [-0.4, -0.2) is 40.9 Å². The van der Waals surface area contributed by atoms with Crippen LogP contribution in [0.2, 0.25) is 0 Å². The summed E-state index contributed by atoms with van der Waals surface area (Å²) in [6.07, 6.45) is 4.92. The van der Waals surface area contributed by atoms with Crippen LogP contribution in [0.15, 0.2) is 59.2 Å². The highest BCUT2D eigenvalue weighted by Crippen LogP contribution is 2.26. The topological polar surface area (TPSA) is 84.7 Å². The van der Waals surface area contributed by atoms with Gasteiger partial charge in [0.1, 0.15) is 12.0 Å². The second-order valence-corrected chi connectivity index (χ2v) is 8.88. The summed E-state index contributed by atoms with van der Waals surface area (Å²) in [5.74, 6) is 1.05. The van der Waals surface area contributed by atoms with Crippen LogP contribution in [0.4, 0.5) is 0 Å². The van der Waals surface area contributed by atoms with Crippen molar-refractivity contribution in [3.63, 3.8) is 0 Å². The number of carbonyl (C=O) groups is 2. The fraction of sp³-hybridized carbons (Fsp3) is 0.370. The SMILES string of the molecule is COc1ccc(CC(=O)NCc2ccc(-c3nc(C(=O)N4C(C)CCCC4C)co3)cc2)cc1. The van der Waals surface area contributed by atoms with Crippen LogP contribution in [0.5, 0.6) is 5.75 Å². The zero-order valence-electron chi connectivity index (χ0n) is 19.9. The fourth-order valence-electron chi connectivity index (χ4n) is 4.42.